The molecule has 0 saturated carbocycles. The molecule has 2 aromatic rings. The maximum absolute atomic E-state index is 8.84. The van der Waals surface area contributed by atoms with Crippen LogP contribution in [0.25, 0.3) is 0 Å². The van der Waals surface area contributed by atoms with Gasteiger partial charge < -0.3 is 5.32 Å². The highest BCUT2D eigenvalue weighted by molar-refractivity contribution is 5.58. The number of anilines is 2. The molecule has 1 aromatic heterocycles. The van der Waals surface area contributed by atoms with Gasteiger partial charge in [-0.05, 0) is 31.5 Å². The monoisotopic (exact) mass is 224 g/mol. The van der Waals surface area contributed by atoms with Gasteiger partial charge in [-0.3, -0.25) is 0 Å². The van der Waals surface area contributed by atoms with E-state index in [1.807, 2.05) is 44.2 Å². The number of aryl methyl sites for hydroxylation is 2. The lowest BCUT2D eigenvalue weighted by molar-refractivity contribution is 1.08. The summed E-state index contributed by atoms with van der Waals surface area (Å²) in [5, 5.41) is 12.0. The topological polar surface area (TPSA) is 61.6 Å². The van der Waals surface area contributed by atoms with Crippen molar-refractivity contribution in [1.82, 2.24) is 9.97 Å². The van der Waals surface area contributed by atoms with Crippen molar-refractivity contribution in [1.29, 1.82) is 5.26 Å². The molecule has 0 aliphatic rings. The normalized spacial score (nSPS) is 9.71. The Balaban J connectivity index is 2.34. The molecule has 84 valence electrons. The molecule has 1 heterocycles. The van der Waals surface area contributed by atoms with Gasteiger partial charge in [0.2, 0.25) is 5.95 Å². The predicted octanol–water partition coefficient (Wildman–Crippen LogP) is 2.71. The second-order valence-electron chi connectivity index (χ2n) is 3.77. The van der Waals surface area contributed by atoms with Crippen LogP contribution < -0.4 is 5.32 Å². The molecule has 0 aliphatic carbocycles. The van der Waals surface area contributed by atoms with Crippen molar-refractivity contribution in [2.75, 3.05) is 5.32 Å². The van der Waals surface area contributed by atoms with E-state index in [1.54, 1.807) is 6.07 Å². The minimum absolute atomic E-state index is 0.369. The van der Waals surface area contributed by atoms with E-state index in [2.05, 4.69) is 15.3 Å². The number of nitrogens with one attached hydrogen (secondary N) is 1. The number of benzene rings is 1. The van der Waals surface area contributed by atoms with Gasteiger partial charge >= 0.3 is 0 Å². The Morgan fingerprint density at radius 3 is 2.65 bits per heavy atom. The van der Waals surface area contributed by atoms with Gasteiger partial charge in [0.15, 0.2) is 0 Å². The van der Waals surface area contributed by atoms with Crippen molar-refractivity contribution in [3.63, 3.8) is 0 Å². The van der Waals surface area contributed by atoms with Crippen LogP contribution in [0.1, 0.15) is 17.0 Å². The van der Waals surface area contributed by atoms with Crippen molar-refractivity contribution in [3.05, 3.63) is 47.3 Å². The van der Waals surface area contributed by atoms with Gasteiger partial charge in [-0.1, -0.05) is 18.2 Å². The van der Waals surface area contributed by atoms with Crippen molar-refractivity contribution in [2.45, 2.75) is 13.8 Å². The van der Waals surface area contributed by atoms with E-state index in [1.165, 1.54) is 0 Å². The molecule has 0 bridgehead atoms. The number of rotatable bonds is 2. The van der Waals surface area contributed by atoms with Gasteiger partial charge in [0.25, 0.3) is 0 Å². The van der Waals surface area contributed by atoms with Crippen molar-refractivity contribution in [2.24, 2.45) is 0 Å². The zero-order chi connectivity index (χ0) is 12.3. The Labute approximate surface area is 100.0 Å². The molecule has 0 fully saturated rings. The van der Waals surface area contributed by atoms with Crippen LogP contribution in [0.5, 0.6) is 0 Å². The standard InChI is InChI=1S/C13H12N4/c1-9-5-3-4-6-12(9)17-13-15-10(2)7-11(8-14)16-13/h3-7H,1-2H3,(H,15,16,17). The van der Waals surface area contributed by atoms with Gasteiger partial charge in [0.1, 0.15) is 11.8 Å². The summed E-state index contributed by atoms with van der Waals surface area (Å²) in [5.41, 5.74) is 3.19. The largest absolute Gasteiger partial charge is 0.324 e. The van der Waals surface area contributed by atoms with Gasteiger partial charge in [0.05, 0.1) is 0 Å². The molecule has 0 unspecified atom stereocenters. The molecule has 0 amide bonds. The van der Waals surface area contributed by atoms with Gasteiger partial charge in [-0.25, -0.2) is 9.97 Å². The molecule has 4 nitrogen and oxygen atoms in total. The van der Waals surface area contributed by atoms with Crippen LogP contribution in [0.4, 0.5) is 11.6 Å². The third kappa shape index (κ3) is 2.58. The first-order valence-corrected chi connectivity index (χ1v) is 5.27. The molecular weight excluding hydrogens is 212 g/mol. The first kappa shape index (κ1) is 11.1. The fourth-order valence-electron chi connectivity index (χ4n) is 1.52. The Bertz CT molecular complexity index is 584. The van der Waals surface area contributed by atoms with E-state index in [4.69, 9.17) is 5.26 Å². The lowest BCUT2D eigenvalue weighted by Gasteiger charge is -2.08. The lowest BCUT2D eigenvalue weighted by Crippen LogP contribution is -2.01. The smallest absolute Gasteiger partial charge is 0.228 e. The second kappa shape index (κ2) is 4.62. The second-order valence-corrected chi connectivity index (χ2v) is 3.77. The quantitative estimate of drug-likeness (QED) is 0.851. The molecule has 0 spiro atoms. The minimum atomic E-state index is 0.369. The third-order valence-electron chi connectivity index (χ3n) is 2.36. The fraction of sp³-hybridized carbons (Fsp3) is 0.154. The van der Waals surface area contributed by atoms with E-state index < -0.39 is 0 Å². The molecule has 0 aliphatic heterocycles. The van der Waals surface area contributed by atoms with Crippen LogP contribution in [0, 0.1) is 25.2 Å². The number of para-hydroxylation sites is 1. The Hall–Kier alpha value is -2.41. The fourth-order valence-corrected chi connectivity index (χ4v) is 1.52. The first-order valence-electron chi connectivity index (χ1n) is 5.27. The van der Waals surface area contributed by atoms with Gasteiger partial charge in [-0.2, -0.15) is 5.26 Å². The molecule has 0 atom stereocenters. The number of hydrogen-bond acceptors (Lipinski definition) is 4. The Morgan fingerprint density at radius 1 is 1.18 bits per heavy atom. The molecule has 17 heavy (non-hydrogen) atoms. The summed E-state index contributed by atoms with van der Waals surface area (Å²) < 4.78 is 0. The maximum Gasteiger partial charge on any atom is 0.228 e. The minimum Gasteiger partial charge on any atom is -0.324 e. The van der Waals surface area contributed by atoms with E-state index in [0.29, 0.717) is 11.6 Å². The van der Waals surface area contributed by atoms with Crippen LogP contribution in [0.3, 0.4) is 0 Å². The zero-order valence-corrected chi connectivity index (χ0v) is 9.73. The molecule has 0 saturated heterocycles. The molecule has 1 N–H and O–H groups in total. The summed E-state index contributed by atoms with van der Waals surface area (Å²) in [7, 11) is 0. The summed E-state index contributed by atoms with van der Waals surface area (Å²) in [6.07, 6.45) is 0. The first-order chi connectivity index (χ1) is 8.19. The SMILES string of the molecule is Cc1cc(C#N)nc(Nc2ccccc2C)n1. The maximum atomic E-state index is 8.84. The van der Waals surface area contributed by atoms with E-state index in [0.717, 1.165) is 16.9 Å². The van der Waals surface area contributed by atoms with Crippen LogP contribution in [-0.4, -0.2) is 9.97 Å². The summed E-state index contributed by atoms with van der Waals surface area (Å²) in [6.45, 7) is 3.84. The molecule has 4 heteroatoms. The molecule has 2 rings (SSSR count). The van der Waals surface area contributed by atoms with E-state index >= 15 is 0 Å². The Kier molecular flexibility index (Phi) is 3.01. The number of aromatic nitrogens is 2. The van der Waals surface area contributed by atoms with Gasteiger partial charge in [-0.15, -0.1) is 0 Å². The summed E-state index contributed by atoms with van der Waals surface area (Å²) in [5.74, 6) is 0.454. The average Bonchev–Trinajstić information content (AvgIpc) is 2.31. The lowest BCUT2D eigenvalue weighted by atomic mass is 10.2. The number of nitrogens with zero attached hydrogens (tertiary/aromatic N) is 3. The number of hydrogen-bond donors (Lipinski definition) is 1. The highest BCUT2D eigenvalue weighted by Gasteiger charge is 2.03. The third-order valence-corrected chi connectivity index (χ3v) is 2.36. The van der Waals surface area contributed by atoms with E-state index in [9.17, 15) is 0 Å². The Morgan fingerprint density at radius 2 is 1.94 bits per heavy atom. The van der Waals surface area contributed by atoms with Crippen molar-refractivity contribution < 1.29 is 0 Å². The summed E-state index contributed by atoms with van der Waals surface area (Å²) in [4.78, 5) is 8.35. The van der Waals surface area contributed by atoms with Gasteiger partial charge in [0, 0.05) is 11.4 Å². The summed E-state index contributed by atoms with van der Waals surface area (Å²) in [6, 6.07) is 11.5. The number of nitriles is 1. The van der Waals surface area contributed by atoms with E-state index in [-0.39, 0.29) is 0 Å². The van der Waals surface area contributed by atoms with Crippen LogP contribution in [0.15, 0.2) is 30.3 Å². The molecule has 1 aromatic carbocycles. The van der Waals surface area contributed by atoms with Crippen molar-refractivity contribution in [3.8, 4) is 6.07 Å². The van der Waals surface area contributed by atoms with Crippen LogP contribution in [0.2, 0.25) is 0 Å². The highest BCUT2D eigenvalue weighted by Crippen LogP contribution is 2.17. The highest BCUT2D eigenvalue weighted by atomic mass is 15.1. The zero-order valence-electron chi connectivity index (χ0n) is 9.73. The predicted molar refractivity (Wildman–Crippen MR) is 65.9 cm³/mol. The molecule has 0 radical (unpaired) electrons. The van der Waals surface area contributed by atoms with Crippen LogP contribution >= 0.6 is 0 Å². The molecular formula is C13H12N4. The van der Waals surface area contributed by atoms with Crippen molar-refractivity contribution >= 4 is 11.6 Å². The van der Waals surface area contributed by atoms with Crippen LogP contribution in [-0.2, 0) is 0 Å². The summed E-state index contributed by atoms with van der Waals surface area (Å²) >= 11 is 0. The average molecular weight is 224 g/mol.